The van der Waals surface area contributed by atoms with Gasteiger partial charge in [-0.15, -0.1) is 0 Å². The summed E-state index contributed by atoms with van der Waals surface area (Å²) in [4.78, 5) is 3.85. The van der Waals surface area contributed by atoms with Gasteiger partial charge in [0, 0.05) is 6.54 Å². The summed E-state index contributed by atoms with van der Waals surface area (Å²) in [5, 5.41) is 11.6. The maximum absolute atomic E-state index is 8.78. The highest BCUT2D eigenvalue weighted by molar-refractivity contribution is 5.77. The predicted octanol–water partition coefficient (Wildman–Crippen LogP) is -0.709. The van der Waals surface area contributed by atoms with E-state index in [0.717, 1.165) is 6.54 Å². The van der Waals surface area contributed by atoms with Crippen LogP contribution in [0.2, 0.25) is 0 Å². The van der Waals surface area contributed by atoms with Crippen molar-refractivity contribution in [3.63, 3.8) is 0 Å². The Balaban J connectivity index is 3.47. The molecular formula is C6H15N3O. The number of hydrogen-bond donors (Lipinski definition) is 3. The van der Waals surface area contributed by atoms with Crippen molar-refractivity contribution in [1.82, 2.24) is 5.32 Å². The van der Waals surface area contributed by atoms with Gasteiger partial charge in [0.15, 0.2) is 5.96 Å². The number of rotatable bonds is 3. The second kappa shape index (κ2) is 5.05. The van der Waals surface area contributed by atoms with Crippen LogP contribution in [0.5, 0.6) is 0 Å². The molecule has 0 unspecified atom stereocenters. The van der Waals surface area contributed by atoms with Crippen molar-refractivity contribution in [3.8, 4) is 0 Å². The zero-order valence-corrected chi connectivity index (χ0v) is 6.46. The fraction of sp³-hybridized carbons (Fsp3) is 0.833. The van der Waals surface area contributed by atoms with Crippen molar-refractivity contribution in [2.24, 2.45) is 10.7 Å². The van der Waals surface area contributed by atoms with Gasteiger partial charge in [0.2, 0.25) is 0 Å². The third-order valence-corrected chi connectivity index (χ3v) is 0.884. The Kier molecular flexibility index (Phi) is 4.66. The molecule has 0 spiro atoms. The number of nitrogens with zero attached hydrogens (tertiary/aromatic N) is 1. The predicted molar refractivity (Wildman–Crippen MR) is 41.8 cm³/mol. The monoisotopic (exact) mass is 145 g/mol. The van der Waals surface area contributed by atoms with E-state index in [1.807, 2.05) is 6.92 Å². The lowest BCUT2D eigenvalue weighted by Gasteiger charge is -2.02. The van der Waals surface area contributed by atoms with E-state index < -0.39 is 6.10 Å². The molecule has 0 aliphatic carbocycles. The number of nitrogens with two attached hydrogens (primary N) is 1. The molecule has 0 aromatic heterocycles. The van der Waals surface area contributed by atoms with Crippen LogP contribution in [0, 0.1) is 0 Å². The van der Waals surface area contributed by atoms with Crippen molar-refractivity contribution >= 4 is 5.96 Å². The van der Waals surface area contributed by atoms with Crippen LogP contribution in [0.4, 0.5) is 0 Å². The maximum Gasteiger partial charge on any atom is 0.188 e. The van der Waals surface area contributed by atoms with E-state index in [0.29, 0.717) is 12.5 Å². The van der Waals surface area contributed by atoms with Gasteiger partial charge < -0.3 is 16.2 Å². The highest BCUT2D eigenvalue weighted by atomic mass is 16.3. The molecule has 4 nitrogen and oxygen atoms in total. The molecule has 0 saturated carbocycles. The molecule has 0 rings (SSSR count). The van der Waals surface area contributed by atoms with Gasteiger partial charge in [-0.1, -0.05) is 0 Å². The lowest BCUT2D eigenvalue weighted by atomic mass is 10.4. The van der Waals surface area contributed by atoms with Crippen LogP contribution in [0.3, 0.4) is 0 Å². The summed E-state index contributed by atoms with van der Waals surface area (Å²) in [6, 6.07) is 0. The SMILES string of the molecule is CCNC(N)=NC[C@@H](C)O. The Hall–Kier alpha value is -0.770. The maximum atomic E-state index is 8.78. The summed E-state index contributed by atoms with van der Waals surface area (Å²) in [6.45, 7) is 4.72. The zero-order chi connectivity index (χ0) is 7.98. The van der Waals surface area contributed by atoms with E-state index in [2.05, 4.69) is 10.3 Å². The minimum absolute atomic E-state index is 0.360. The molecular weight excluding hydrogens is 130 g/mol. The highest BCUT2D eigenvalue weighted by Gasteiger charge is 1.92. The molecule has 10 heavy (non-hydrogen) atoms. The van der Waals surface area contributed by atoms with E-state index in [-0.39, 0.29) is 0 Å². The fourth-order valence-corrected chi connectivity index (χ4v) is 0.467. The summed E-state index contributed by atoms with van der Waals surface area (Å²) in [6.07, 6.45) is -0.419. The Morgan fingerprint density at radius 2 is 2.40 bits per heavy atom. The normalized spacial score (nSPS) is 14.9. The van der Waals surface area contributed by atoms with E-state index in [1.54, 1.807) is 6.92 Å². The lowest BCUT2D eigenvalue weighted by molar-refractivity contribution is 0.204. The molecule has 0 amide bonds. The number of aliphatic imine (C=N–C) groups is 1. The Morgan fingerprint density at radius 1 is 1.80 bits per heavy atom. The molecule has 0 aliphatic heterocycles. The third kappa shape index (κ3) is 5.37. The first-order valence-electron chi connectivity index (χ1n) is 3.38. The molecule has 4 heteroatoms. The number of hydrogen-bond acceptors (Lipinski definition) is 2. The van der Waals surface area contributed by atoms with E-state index >= 15 is 0 Å². The van der Waals surface area contributed by atoms with Gasteiger partial charge in [-0.25, -0.2) is 0 Å². The third-order valence-electron chi connectivity index (χ3n) is 0.884. The zero-order valence-electron chi connectivity index (χ0n) is 6.46. The van der Waals surface area contributed by atoms with Crippen molar-refractivity contribution in [2.75, 3.05) is 13.1 Å². The highest BCUT2D eigenvalue weighted by Crippen LogP contribution is 1.79. The van der Waals surface area contributed by atoms with Gasteiger partial charge in [0.25, 0.3) is 0 Å². The minimum atomic E-state index is -0.419. The second-order valence-electron chi connectivity index (χ2n) is 2.11. The summed E-state index contributed by atoms with van der Waals surface area (Å²) in [5.41, 5.74) is 5.36. The van der Waals surface area contributed by atoms with Gasteiger partial charge in [0.1, 0.15) is 0 Å². The second-order valence-corrected chi connectivity index (χ2v) is 2.11. The number of nitrogens with one attached hydrogen (secondary N) is 1. The van der Waals surface area contributed by atoms with Gasteiger partial charge in [-0.2, -0.15) is 0 Å². The molecule has 0 radical (unpaired) electrons. The number of guanidine groups is 1. The first-order valence-corrected chi connectivity index (χ1v) is 3.38. The fourth-order valence-electron chi connectivity index (χ4n) is 0.467. The summed E-state index contributed by atoms with van der Waals surface area (Å²) >= 11 is 0. The van der Waals surface area contributed by atoms with Gasteiger partial charge in [0.05, 0.1) is 12.6 Å². The summed E-state index contributed by atoms with van der Waals surface area (Å²) in [5.74, 6) is 0.392. The molecule has 0 bridgehead atoms. The van der Waals surface area contributed by atoms with Crippen LogP contribution in [0.25, 0.3) is 0 Å². The molecule has 0 aromatic rings. The van der Waals surface area contributed by atoms with Crippen LogP contribution in [0.15, 0.2) is 4.99 Å². The minimum Gasteiger partial charge on any atom is -0.391 e. The topological polar surface area (TPSA) is 70.6 Å². The molecule has 0 aromatic carbocycles. The van der Waals surface area contributed by atoms with Crippen LogP contribution in [-0.4, -0.2) is 30.3 Å². The quantitative estimate of drug-likeness (QED) is 0.363. The number of aliphatic hydroxyl groups excluding tert-OH is 1. The average molecular weight is 145 g/mol. The smallest absolute Gasteiger partial charge is 0.188 e. The lowest BCUT2D eigenvalue weighted by Crippen LogP contribution is -2.32. The van der Waals surface area contributed by atoms with Crippen LogP contribution in [-0.2, 0) is 0 Å². The van der Waals surface area contributed by atoms with Crippen molar-refractivity contribution < 1.29 is 5.11 Å². The molecule has 0 saturated heterocycles. The summed E-state index contributed by atoms with van der Waals surface area (Å²) < 4.78 is 0. The molecule has 0 aliphatic rings. The standard InChI is InChI=1S/C6H15N3O/c1-3-8-6(7)9-4-5(2)10/h5,10H,3-4H2,1-2H3,(H3,7,8,9)/t5-/m1/s1. The van der Waals surface area contributed by atoms with E-state index in [1.165, 1.54) is 0 Å². The van der Waals surface area contributed by atoms with Crippen LogP contribution in [0.1, 0.15) is 13.8 Å². The Bertz CT molecular complexity index is 112. The van der Waals surface area contributed by atoms with Gasteiger partial charge >= 0.3 is 0 Å². The van der Waals surface area contributed by atoms with Crippen LogP contribution < -0.4 is 11.1 Å². The van der Waals surface area contributed by atoms with Crippen LogP contribution >= 0.6 is 0 Å². The molecule has 60 valence electrons. The molecule has 1 atom stereocenters. The summed E-state index contributed by atoms with van der Waals surface area (Å²) in [7, 11) is 0. The molecule has 4 N–H and O–H groups in total. The molecule has 0 heterocycles. The number of aliphatic hydroxyl groups is 1. The van der Waals surface area contributed by atoms with Crippen molar-refractivity contribution in [2.45, 2.75) is 20.0 Å². The van der Waals surface area contributed by atoms with Gasteiger partial charge in [-0.3, -0.25) is 4.99 Å². The Morgan fingerprint density at radius 3 is 2.80 bits per heavy atom. The largest absolute Gasteiger partial charge is 0.391 e. The average Bonchev–Trinajstić information content (AvgIpc) is 1.85. The van der Waals surface area contributed by atoms with E-state index in [9.17, 15) is 0 Å². The molecule has 0 fully saturated rings. The first kappa shape index (κ1) is 9.23. The van der Waals surface area contributed by atoms with Gasteiger partial charge in [-0.05, 0) is 13.8 Å². The van der Waals surface area contributed by atoms with Crippen molar-refractivity contribution in [3.05, 3.63) is 0 Å². The van der Waals surface area contributed by atoms with Crippen molar-refractivity contribution in [1.29, 1.82) is 0 Å². The van der Waals surface area contributed by atoms with E-state index in [4.69, 9.17) is 10.8 Å². The Labute approximate surface area is 61.1 Å². The first-order chi connectivity index (χ1) is 4.66.